The van der Waals surface area contributed by atoms with Crippen molar-refractivity contribution >= 4 is 11.9 Å². The molecule has 11 unspecified atom stereocenters. The highest BCUT2D eigenvalue weighted by atomic mass is 16.8. The second kappa shape index (κ2) is 12.9. The Bertz CT molecular complexity index is 876. The quantitative estimate of drug-likeness (QED) is 0.133. The number of allylic oxidation sites excluding steroid dienone is 1. The number of ether oxygens (including phenoxy) is 3. The molecule has 208 valence electrons. The van der Waals surface area contributed by atoms with Crippen molar-refractivity contribution in [3.8, 4) is 0 Å². The van der Waals surface area contributed by atoms with E-state index >= 15 is 0 Å². The van der Waals surface area contributed by atoms with Gasteiger partial charge in [0.25, 0.3) is 0 Å². The molecule has 2 saturated heterocycles. The molecule has 0 radical (unpaired) electrons. The van der Waals surface area contributed by atoms with Gasteiger partial charge in [0, 0.05) is 17.8 Å². The molecule has 0 aromatic carbocycles. The standard InChI is InChI=1S/C24H35NO12/c1-2-14-15(4-3-12-7-13(21(31)32)9-25(8-12)5-6-26)16(22(33)34)11-35-23(14)37-24-20(30)19(29)18(28)17(10-27)36-24/h2-4,11-15,17-20,23-24,26-30H,1,5-10H2,(H,31,32)(H,33,34). The van der Waals surface area contributed by atoms with E-state index in [-0.39, 0.29) is 18.1 Å². The molecule has 3 rings (SSSR count). The van der Waals surface area contributed by atoms with Crippen LogP contribution in [0.5, 0.6) is 0 Å². The number of hydrogen-bond donors (Lipinski definition) is 7. The maximum atomic E-state index is 11.9. The van der Waals surface area contributed by atoms with Gasteiger partial charge in [0.1, 0.15) is 31.0 Å². The zero-order valence-corrected chi connectivity index (χ0v) is 20.2. The summed E-state index contributed by atoms with van der Waals surface area (Å²) in [6.45, 7) is 4.23. The number of piperidine rings is 1. The van der Waals surface area contributed by atoms with Crippen LogP contribution in [0.4, 0.5) is 0 Å². The number of quaternary nitrogens is 1. The molecule has 13 heteroatoms. The largest absolute Gasteiger partial charge is 0.550 e. The number of nitrogens with one attached hydrogen (secondary N) is 1. The van der Waals surface area contributed by atoms with E-state index in [1.54, 1.807) is 12.2 Å². The minimum absolute atomic E-state index is 0.104. The minimum Gasteiger partial charge on any atom is -0.550 e. The van der Waals surface area contributed by atoms with E-state index in [1.165, 1.54) is 6.08 Å². The first-order valence-electron chi connectivity index (χ1n) is 12.1. The molecule has 0 spiro atoms. The minimum atomic E-state index is -1.69. The second-order valence-corrected chi connectivity index (χ2v) is 9.58. The van der Waals surface area contributed by atoms with Gasteiger partial charge < -0.3 is 59.7 Å². The number of aliphatic hydroxyl groups is 5. The van der Waals surface area contributed by atoms with Gasteiger partial charge in [-0.15, -0.1) is 6.58 Å². The lowest BCUT2D eigenvalue weighted by atomic mass is 9.81. The SMILES string of the molecule is C=CC1C(OC2OC(CO)C(O)C(O)C2O)OC=C(C(=O)O)C1C=CC1CC(C(=O)[O-])C[NH+](CCO)C1. The third-order valence-electron chi connectivity index (χ3n) is 7.12. The lowest BCUT2D eigenvalue weighted by Crippen LogP contribution is -3.15. The number of hydrogen-bond acceptors (Lipinski definition) is 11. The number of carbonyl (C=O) groups is 2. The zero-order valence-electron chi connectivity index (χ0n) is 20.2. The van der Waals surface area contributed by atoms with E-state index in [1.807, 2.05) is 0 Å². The van der Waals surface area contributed by atoms with Crippen molar-refractivity contribution < 1.29 is 64.4 Å². The monoisotopic (exact) mass is 529 g/mol. The highest BCUT2D eigenvalue weighted by Gasteiger charge is 2.47. The molecule has 3 heterocycles. The van der Waals surface area contributed by atoms with Crippen LogP contribution in [0.15, 0.2) is 36.6 Å². The van der Waals surface area contributed by atoms with Crippen LogP contribution < -0.4 is 10.0 Å². The van der Waals surface area contributed by atoms with E-state index in [0.717, 1.165) is 11.2 Å². The van der Waals surface area contributed by atoms with E-state index in [2.05, 4.69) is 6.58 Å². The lowest BCUT2D eigenvalue weighted by Gasteiger charge is -2.42. The van der Waals surface area contributed by atoms with Crippen molar-refractivity contribution in [1.29, 1.82) is 0 Å². The first-order valence-corrected chi connectivity index (χ1v) is 12.1. The summed E-state index contributed by atoms with van der Waals surface area (Å²) in [5.41, 5.74) is -0.110. The lowest BCUT2D eigenvalue weighted by molar-refractivity contribution is -0.911. The first kappa shape index (κ1) is 29.2. The summed E-state index contributed by atoms with van der Waals surface area (Å²) in [5, 5.41) is 70.3. The summed E-state index contributed by atoms with van der Waals surface area (Å²) < 4.78 is 16.6. The van der Waals surface area contributed by atoms with Crippen molar-refractivity contribution in [2.24, 2.45) is 23.7 Å². The Morgan fingerprint density at radius 2 is 1.86 bits per heavy atom. The van der Waals surface area contributed by atoms with Crippen LogP contribution >= 0.6 is 0 Å². The van der Waals surface area contributed by atoms with Crippen molar-refractivity contribution in [2.75, 3.05) is 32.8 Å². The molecule has 37 heavy (non-hydrogen) atoms. The number of likely N-dealkylation sites (tertiary alicyclic amines) is 1. The number of carboxylic acid groups (broad SMARTS) is 2. The predicted octanol–water partition coefficient (Wildman–Crippen LogP) is -4.63. The summed E-state index contributed by atoms with van der Waals surface area (Å²) in [6.07, 6.45) is -2.80. The van der Waals surface area contributed by atoms with E-state index < -0.39 is 73.3 Å². The number of aliphatic hydroxyl groups excluding tert-OH is 5. The van der Waals surface area contributed by atoms with Crippen molar-refractivity contribution in [3.63, 3.8) is 0 Å². The Morgan fingerprint density at radius 3 is 2.46 bits per heavy atom. The molecule has 0 aromatic heterocycles. The van der Waals surface area contributed by atoms with Gasteiger partial charge in [0.15, 0.2) is 6.29 Å². The molecule has 7 N–H and O–H groups in total. The van der Waals surface area contributed by atoms with Gasteiger partial charge in [-0.05, 0) is 6.42 Å². The Kier molecular flexibility index (Phi) is 10.2. The van der Waals surface area contributed by atoms with Crippen LogP contribution in [0.1, 0.15) is 6.42 Å². The van der Waals surface area contributed by atoms with Crippen LogP contribution in [0.3, 0.4) is 0 Å². The molecular weight excluding hydrogens is 494 g/mol. The maximum Gasteiger partial charge on any atom is 0.335 e. The average molecular weight is 530 g/mol. The molecule has 3 aliphatic rings. The Hall–Kier alpha value is -2.36. The predicted molar refractivity (Wildman–Crippen MR) is 121 cm³/mol. The van der Waals surface area contributed by atoms with Crippen LogP contribution in [-0.4, -0.2) is 112 Å². The van der Waals surface area contributed by atoms with Gasteiger partial charge in [-0.3, -0.25) is 0 Å². The fourth-order valence-corrected chi connectivity index (χ4v) is 5.10. The molecule has 0 amide bonds. The Labute approximate surface area is 213 Å². The van der Waals surface area contributed by atoms with E-state index in [9.17, 15) is 45.3 Å². The van der Waals surface area contributed by atoms with Gasteiger partial charge in [0.05, 0.1) is 50.0 Å². The van der Waals surface area contributed by atoms with E-state index in [0.29, 0.717) is 26.1 Å². The molecule has 2 fully saturated rings. The number of carboxylic acids is 2. The Morgan fingerprint density at radius 1 is 1.14 bits per heavy atom. The second-order valence-electron chi connectivity index (χ2n) is 9.58. The molecule has 13 nitrogen and oxygen atoms in total. The molecule has 11 atom stereocenters. The molecule has 3 aliphatic heterocycles. The average Bonchev–Trinajstić information content (AvgIpc) is 2.87. The maximum absolute atomic E-state index is 11.9. The van der Waals surface area contributed by atoms with Crippen LogP contribution in [0.2, 0.25) is 0 Å². The van der Waals surface area contributed by atoms with Crippen LogP contribution in [0, 0.1) is 23.7 Å². The third-order valence-corrected chi connectivity index (χ3v) is 7.12. The van der Waals surface area contributed by atoms with E-state index in [4.69, 9.17) is 14.2 Å². The molecule has 0 bridgehead atoms. The van der Waals surface area contributed by atoms with Gasteiger partial charge in [-0.1, -0.05) is 18.2 Å². The summed E-state index contributed by atoms with van der Waals surface area (Å²) in [5.74, 6) is -5.00. The van der Waals surface area contributed by atoms with Crippen molar-refractivity contribution in [3.05, 3.63) is 36.6 Å². The summed E-state index contributed by atoms with van der Waals surface area (Å²) in [4.78, 5) is 24.3. The highest BCUT2D eigenvalue weighted by molar-refractivity contribution is 5.87. The number of rotatable bonds is 10. The Balaban J connectivity index is 1.81. The summed E-state index contributed by atoms with van der Waals surface area (Å²) in [7, 11) is 0. The topological polar surface area (TPSA) is 211 Å². The normalized spacial score (nSPS) is 40.6. The number of carbonyl (C=O) groups excluding carboxylic acids is 1. The first-order chi connectivity index (χ1) is 17.6. The molecular formula is C24H35NO12. The third kappa shape index (κ3) is 6.75. The summed E-state index contributed by atoms with van der Waals surface area (Å²) in [6, 6.07) is 0. The fourth-order valence-electron chi connectivity index (χ4n) is 5.10. The van der Waals surface area contributed by atoms with Gasteiger partial charge in [-0.25, -0.2) is 4.79 Å². The smallest absolute Gasteiger partial charge is 0.335 e. The van der Waals surface area contributed by atoms with Crippen molar-refractivity contribution in [1.82, 2.24) is 0 Å². The fraction of sp³-hybridized carbons (Fsp3) is 0.667. The van der Waals surface area contributed by atoms with Crippen molar-refractivity contribution in [2.45, 2.75) is 43.4 Å². The molecule has 0 aliphatic carbocycles. The molecule has 0 aromatic rings. The van der Waals surface area contributed by atoms with Crippen LogP contribution in [-0.2, 0) is 23.8 Å². The molecule has 0 saturated carbocycles. The zero-order chi connectivity index (χ0) is 27.3. The summed E-state index contributed by atoms with van der Waals surface area (Å²) >= 11 is 0. The number of aliphatic carboxylic acids is 2. The van der Waals surface area contributed by atoms with Gasteiger partial charge in [-0.2, -0.15) is 0 Å². The van der Waals surface area contributed by atoms with Gasteiger partial charge in [0.2, 0.25) is 6.29 Å². The van der Waals surface area contributed by atoms with Gasteiger partial charge >= 0.3 is 5.97 Å². The highest BCUT2D eigenvalue weighted by Crippen LogP contribution is 2.36. The van der Waals surface area contributed by atoms with Crippen LogP contribution in [0.25, 0.3) is 0 Å².